The lowest BCUT2D eigenvalue weighted by Crippen LogP contribution is -2.58. The van der Waals surface area contributed by atoms with Crippen LogP contribution in [-0.2, 0) is 9.53 Å². The SMILES string of the molecule is CC(C)(C)OC(=O)N1CCCCC1N(C=O)C(C)(C)C. The van der Waals surface area contributed by atoms with Crippen LogP contribution >= 0.6 is 0 Å². The molecule has 1 unspecified atom stereocenters. The number of nitrogens with zero attached hydrogens (tertiary/aromatic N) is 2. The zero-order chi connectivity index (χ0) is 15.6. The number of likely N-dealkylation sites (tertiary alicyclic amines) is 1. The van der Waals surface area contributed by atoms with E-state index in [2.05, 4.69) is 0 Å². The first kappa shape index (κ1) is 16.8. The van der Waals surface area contributed by atoms with Gasteiger partial charge in [0.05, 0.1) is 0 Å². The van der Waals surface area contributed by atoms with Crippen LogP contribution < -0.4 is 0 Å². The summed E-state index contributed by atoms with van der Waals surface area (Å²) in [6.07, 6.45) is 3.06. The zero-order valence-electron chi connectivity index (χ0n) is 13.6. The summed E-state index contributed by atoms with van der Waals surface area (Å²) in [5.74, 6) is 0. The Morgan fingerprint density at radius 1 is 1.20 bits per heavy atom. The van der Waals surface area contributed by atoms with Gasteiger partial charge in [0.1, 0.15) is 11.8 Å². The van der Waals surface area contributed by atoms with Crippen LogP contribution in [0.3, 0.4) is 0 Å². The van der Waals surface area contributed by atoms with E-state index in [-0.39, 0.29) is 17.8 Å². The fourth-order valence-electron chi connectivity index (χ4n) is 2.41. The monoisotopic (exact) mass is 284 g/mol. The second-order valence-corrected chi connectivity index (χ2v) is 7.33. The lowest BCUT2D eigenvalue weighted by atomic mass is 10.0. The standard InChI is InChI=1S/C15H28N2O3/c1-14(2,3)17(11-18)12-9-7-8-10-16(12)13(19)20-15(4,5)6/h11-12H,7-10H2,1-6H3. The molecule has 1 heterocycles. The Hall–Kier alpha value is -1.26. The minimum absolute atomic E-state index is 0.212. The van der Waals surface area contributed by atoms with Crippen molar-refractivity contribution >= 4 is 12.5 Å². The predicted molar refractivity (Wildman–Crippen MR) is 78.2 cm³/mol. The summed E-state index contributed by atoms with van der Waals surface area (Å²) >= 11 is 0. The summed E-state index contributed by atoms with van der Waals surface area (Å²) in [6, 6.07) is 0. The van der Waals surface area contributed by atoms with E-state index in [9.17, 15) is 9.59 Å². The van der Waals surface area contributed by atoms with E-state index in [1.165, 1.54) is 0 Å². The average molecular weight is 284 g/mol. The molecule has 0 aromatic rings. The van der Waals surface area contributed by atoms with E-state index in [0.29, 0.717) is 6.54 Å². The van der Waals surface area contributed by atoms with Gasteiger partial charge in [-0.05, 0) is 60.8 Å². The number of carbonyl (C=O) groups excluding carboxylic acids is 2. The molecule has 1 atom stereocenters. The second-order valence-electron chi connectivity index (χ2n) is 7.33. The molecule has 0 spiro atoms. The Balaban J connectivity index is 2.91. The van der Waals surface area contributed by atoms with Crippen LogP contribution in [0, 0.1) is 0 Å². The smallest absolute Gasteiger partial charge is 0.411 e. The van der Waals surface area contributed by atoms with Crippen molar-refractivity contribution in [1.29, 1.82) is 0 Å². The molecule has 5 nitrogen and oxygen atoms in total. The highest BCUT2D eigenvalue weighted by Gasteiger charge is 2.37. The number of amides is 2. The van der Waals surface area contributed by atoms with Gasteiger partial charge in [0.15, 0.2) is 0 Å². The topological polar surface area (TPSA) is 49.9 Å². The summed E-state index contributed by atoms with van der Waals surface area (Å²) in [5.41, 5.74) is -0.836. The summed E-state index contributed by atoms with van der Waals surface area (Å²) in [4.78, 5) is 27.2. The third-order valence-corrected chi connectivity index (χ3v) is 3.31. The van der Waals surface area contributed by atoms with E-state index in [0.717, 1.165) is 25.7 Å². The van der Waals surface area contributed by atoms with Crippen molar-refractivity contribution in [3.05, 3.63) is 0 Å². The Morgan fingerprint density at radius 3 is 2.25 bits per heavy atom. The molecule has 1 aliphatic rings. The van der Waals surface area contributed by atoms with Crippen molar-refractivity contribution in [2.24, 2.45) is 0 Å². The summed E-state index contributed by atoms with van der Waals surface area (Å²) in [7, 11) is 0. The highest BCUT2D eigenvalue weighted by Crippen LogP contribution is 2.26. The molecular formula is C15H28N2O3. The van der Waals surface area contributed by atoms with Crippen molar-refractivity contribution in [3.8, 4) is 0 Å². The molecule has 0 aromatic carbocycles. The molecular weight excluding hydrogens is 256 g/mol. The molecule has 0 bridgehead atoms. The van der Waals surface area contributed by atoms with Crippen molar-refractivity contribution in [2.45, 2.75) is 78.1 Å². The Labute approximate surface area is 122 Å². The minimum Gasteiger partial charge on any atom is -0.444 e. The van der Waals surface area contributed by atoms with Gasteiger partial charge in [-0.1, -0.05) is 0 Å². The van der Waals surface area contributed by atoms with E-state index in [1.54, 1.807) is 9.80 Å². The second kappa shape index (κ2) is 6.02. The van der Waals surface area contributed by atoms with Crippen LogP contribution in [-0.4, -0.2) is 46.2 Å². The average Bonchev–Trinajstić information content (AvgIpc) is 2.26. The molecule has 0 aliphatic carbocycles. The van der Waals surface area contributed by atoms with Gasteiger partial charge >= 0.3 is 6.09 Å². The molecule has 1 rings (SSSR count). The van der Waals surface area contributed by atoms with Crippen LogP contribution in [0.15, 0.2) is 0 Å². The molecule has 0 N–H and O–H groups in total. The molecule has 116 valence electrons. The lowest BCUT2D eigenvalue weighted by molar-refractivity contribution is -0.132. The highest BCUT2D eigenvalue weighted by atomic mass is 16.6. The van der Waals surface area contributed by atoms with E-state index in [4.69, 9.17) is 4.74 Å². The van der Waals surface area contributed by atoms with Crippen LogP contribution in [0.25, 0.3) is 0 Å². The molecule has 20 heavy (non-hydrogen) atoms. The molecule has 0 saturated carbocycles. The van der Waals surface area contributed by atoms with E-state index < -0.39 is 5.60 Å². The van der Waals surface area contributed by atoms with E-state index in [1.807, 2.05) is 41.5 Å². The first-order valence-electron chi connectivity index (χ1n) is 7.29. The third-order valence-electron chi connectivity index (χ3n) is 3.31. The molecule has 1 aliphatic heterocycles. The van der Waals surface area contributed by atoms with Gasteiger partial charge in [0, 0.05) is 12.1 Å². The van der Waals surface area contributed by atoms with Gasteiger partial charge in [-0.3, -0.25) is 9.69 Å². The van der Waals surface area contributed by atoms with Crippen LogP contribution in [0.5, 0.6) is 0 Å². The van der Waals surface area contributed by atoms with Crippen LogP contribution in [0.1, 0.15) is 60.8 Å². The largest absolute Gasteiger partial charge is 0.444 e. The summed E-state index contributed by atoms with van der Waals surface area (Å²) in [6.45, 7) is 12.1. The van der Waals surface area contributed by atoms with Gasteiger partial charge in [0.25, 0.3) is 0 Å². The Bertz CT molecular complexity index is 355. The number of rotatable bonds is 2. The minimum atomic E-state index is -0.521. The first-order chi connectivity index (χ1) is 9.06. The zero-order valence-corrected chi connectivity index (χ0v) is 13.6. The number of hydrogen-bond donors (Lipinski definition) is 0. The third kappa shape index (κ3) is 4.39. The van der Waals surface area contributed by atoms with Gasteiger partial charge < -0.3 is 9.64 Å². The predicted octanol–water partition coefficient (Wildman–Crippen LogP) is 2.99. The quantitative estimate of drug-likeness (QED) is 0.732. The molecule has 1 saturated heterocycles. The number of piperidine rings is 1. The van der Waals surface area contributed by atoms with Gasteiger partial charge in [-0.15, -0.1) is 0 Å². The fourth-order valence-corrected chi connectivity index (χ4v) is 2.41. The maximum Gasteiger partial charge on any atom is 0.411 e. The number of ether oxygens (including phenoxy) is 1. The van der Waals surface area contributed by atoms with Gasteiger partial charge in [-0.2, -0.15) is 0 Å². The fraction of sp³-hybridized carbons (Fsp3) is 0.867. The van der Waals surface area contributed by atoms with Crippen LogP contribution in [0.4, 0.5) is 4.79 Å². The normalized spacial score (nSPS) is 20.5. The molecule has 1 fully saturated rings. The number of carbonyl (C=O) groups is 2. The maximum atomic E-state index is 12.3. The van der Waals surface area contributed by atoms with Crippen molar-refractivity contribution in [2.75, 3.05) is 6.54 Å². The van der Waals surface area contributed by atoms with E-state index >= 15 is 0 Å². The summed E-state index contributed by atoms with van der Waals surface area (Å²) < 4.78 is 5.46. The molecule has 0 aromatic heterocycles. The lowest BCUT2D eigenvalue weighted by Gasteiger charge is -2.46. The first-order valence-corrected chi connectivity index (χ1v) is 7.29. The number of hydrogen-bond acceptors (Lipinski definition) is 3. The summed E-state index contributed by atoms with van der Waals surface area (Å²) in [5, 5.41) is 0. The van der Waals surface area contributed by atoms with Crippen molar-refractivity contribution < 1.29 is 14.3 Å². The molecule has 0 radical (unpaired) electrons. The van der Waals surface area contributed by atoms with Crippen molar-refractivity contribution in [1.82, 2.24) is 9.80 Å². The maximum absolute atomic E-state index is 12.3. The van der Waals surface area contributed by atoms with Crippen LogP contribution in [0.2, 0.25) is 0 Å². The van der Waals surface area contributed by atoms with Crippen molar-refractivity contribution in [3.63, 3.8) is 0 Å². The molecule has 5 heteroatoms. The Kier molecular flexibility index (Phi) is 5.05. The molecule has 2 amide bonds. The van der Waals surface area contributed by atoms with Gasteiger partial charge in [-0.25, -0.2) is 4.79 Å². The van der Waals surface area contributed by atoms with Gasteiger partial charge in [0.2, 0.25) is 6.41 Å². The highest BCUT2D eigenvalue weighted by molar-refractivity contribution is 5.69. The Morgan fingerprint density at radius 2 is 1.80 bits per heavy atom.